The van der Waals surface area contributed by atoms with Gasteiger partial charge in [-0.1, -0.05) is 37.1 Å². The van der Waals surface area contributed by atoms with Crippen LogP contribution in [0, 0.1) is 13.8 Å². The van der Waals surface area contributed by atoms with E-state index in [1.165, 1.54) is 74.2 Å². The third-order valence-electron chi connectivity index (χ3n) is 6.43. The van der Waals surface area contributed by atoms with Gasteiger partial charge in [0.1, 0.15) is 11.6 Å². The molecular formula is C27H37N3O. The van der Waals surface area contributed by atoms with Crippen molar-refractivity contribution in [2.45, 2.75) is 65.3 Å². The van der Waals surface area contributed by atoms with E-state index in [9.17, 15) is 0 Å². The molecule has 1 aromatic heterocycles. The van der Waals surface area contributed by atoms with Crippen LogP contribution in [0.1, 0.15) is 55.5 Å². The zero-order valence-electron chi connectivity index (χ0n) is 19.3. The molecule has 31 heavy (non-hydrogen) atoms. The fraction of sp³-hybridized carbons (Fsp3) is 0.519. The molecule has 0 spiro atoms. The molecule has 0 unspecified atom stereocenters. The number of para-hydroxylation sites is 2. The first-order chi connectivity index (χ1) is 15.2. The van der Waals surface area contributed by atoms with Gasteiger partial charge in [-0.15, -0.1) is 0 Å². The highest BCUT2D eigenvalue weighted by Gasteiger charge is 2.13. The molecule has 1 fully saturated rings. The summed E-state index contributed by atoms with van der Waals surface area (Å²) >= 11 is 0. The molecule has 2 heterocycles. The first-order valence-corrected chi connectivity index (χ1v) is 12.1. The molecule has 1 aliphatic rings. The van der Waals surface area contributed by atoms with E-state index in [4.69, 9.17) is 9.72 Å². The highest BCUT2D eigenvalue weighted by atomic mass is 16.5. The number of fused-ring (bicyclic) bond motifs is 1. The van der Waals surface area contributed by atoms with Crippen molar-refractivity contribution < 1.29 is 4.74 Å². The Morgan fingerprint density at radius 1 is 0.903 bits per heavy atom. The average molecular weight is 420 g/mol. The predicted octanol–water partition coefficient (Wildman–Crippen LogP) is 5.93. The number of aromatic nitrogens is 2. The maximum atomic E-state index is 6.10. The van der Waals surface area contributed by atoms with Gasteiger partial charge in [-0.3, -0.25) is 0 Å². The Kier molecular flexibility index (Phi) is 7.63. The van der Waals surface area contributed by atoms with E-state index in [1.807, 2.05) is 0 Å². The lowest BCUT2D eigenvalue weighted by molar-refractivity contribution is 0.280. The summed E-state index contributed by atoms with van der Waals surface area (Å²) in [5.74, 6) is 2.23. The Bertz CT molecular complexity index is 970. The zero-order valence-corrected chi connectivity index (χ0v) is 19.3. The minimum Gasteiger partial charge on any atom is -0.493 e. The number of rotatable bonds is 9. The average Bonchev–Trinajstić information content (AvgIpc) is 2.93. The van der Waals surface area contributed by atoms with E-state index in [0.717, 1.165) is 37.3 Å². The van der Waals surface area contributed by atoms with Gasteiger partial charge in [0.15, 0.2) is 0 Å². The first kappa shape index (κ1) is 21.9. The van der Waals surface area contributed by atoms with Crippen LogP contribution in [0.2, 0.25) is 0 Å². The minimum atomic E-state index is 0.726. The first-order valence-electron chi connectivity index (χ1n) is 12.1. The topological polar surface area (TPSA) is 30.3 Å². The standard InChI is InChI=1S/C27H37N3O/c1-22-14-15-23(2)26(21-22)31-20-10-19-30-25-12-6-5-11-24(25)28-27(30)13-9-18-29-16-7-3-4-8-17-29/h5-6,11-12,14-15,21H,3-4,7-10,13,16-20H2,1-2H3. The van der Waals surface area contributed by atoms with Crippen LogP contribution >= 0.6 is 0 Å². The van der Waals surface area contributed by atoms with Crippen molar-refractivity contribution >= 4 is 11.0 Å². The normalized spacial score (nSPS) is 15.3. The number of hydrogen-bond donors (Lipinski definition) is 0. The van der Waals surface area contributed by atoms with Gasteiger partial charge in [0.05, 0.1) is 17.6 Å². The Labute approximate surface area is 187 Å². The Morgan fingerprint density at radius 3 is 2.55 bits per heavy atom. The van der Waals surface area contributed by atoms with Crippen molar-refractivity contribution in [3.05, 3.63) is 59.4 Å². The Morgan fingerprint density at radius 2 is 1.71 bits per heavy atom. The molecule has 4 heteroatoms. The van der Waals surface area contributed by atoms with Crippen LogP contribution in [0.4, 0.5) is 0 Å². The molecule has 0 saturated carbocycles. The van der Waals surface area contributed by atoms with E-state index < -0.39 is 0 Å². The lowest BCUT2D eigenvalue weighted by Crippen LogP contribution is -2.26. The summed E-state index contributed by atoms with van der Waals surface area (Å²) in [4.78, 5) is 7.63. The van der Waals surface area contributed by atoms with Crippen molar-refractivity contribution in [2.24, 2.45) is 0 Å². The van der Waals surface area contributed by atoms with Gasteiger partial charge < -0.3 is 14.2 Å². The van der Waals surface area contributed by atoms with Gasteiger partial charge in [-0.05, 0) is 88.5 Å². The van der Waals surface area contributed by atoms with Gasteiger partial charge in [0.2, 0.25) is 0 Å². The minimum absolute atomic E-state index is 0.726. The van der Waals surface area contributed by atoms with E-state index in [1.54, 1.807) is 0 Å². The maximum absolute atomic E-state index is 6.10. The molecule has 3 aromatic rings. The van der Waals surface area contributed by atoms with E-state index in [-0.39, 0.29) is 0 Å². The molecule has 4 nitrogen and oxygen atoms in total. The monoisotopic (exact) mass is 419 g/mol. The number of benzene rings is 2. The molecule has 0 N–H and O–H groups in total. The molecule has 166 valence electrons. The Balaban J connectivity index is 1.36. The third kappa shape index (κ3) is 5.88. The van der Waals surface area contributed by atoms with Crippen molar-refractivity contribution in [3.8, 4) is 5.75 Å². The van der Waals surface area contributed by atoms with Crippen molar-refractivity contribution in [3.63, 3.8) is 0 Å². The fourth-order valence-corrected chi connectivity index (χ4v) is 4.65. The van der Waals surface area contributed by atoms with Crippen LogP contribution < -0.4 is 4.74 Å². The van der Waals surface area contributed by atoms with Crippen LogP contribution in [-0.2, 0) is 13.0 Å². The van der Waals surface area contributed by atoms with Crippen LogP contribution in [-0.4, -0.2) is 40.7 Å². The SMILES string of the molecule is Cc1ccc(C)c(OCCCn2c(CCCN3CCCCCC3)nc3ccccc32)c1. The second kappa shape index (κ2) is 10.8. The summed E-state index contributed by atoms with van der Waals surface area (Å²) in [7, 11) is 0. The van der Waals surface area contributed by atoms with Crippen LogP contribution in [0.25, 0.3) is 11.0 Å². The van der Waals surface area contributed by atoms with Gasteiger partial charge in [-0.25, -0.2) is 4.98 Å². The second-order valence-corrected chi connectivity index (χ2v) is 9.00. The molecule has 0 atom stereocenters. The number of imidazole rings is 1. The van der Waals surface area contributed by atoms with Crippen LogP contribution in [0.3, 0.4) is 0 Å². The van der Waals surface area contributed by atoms with Crippen molar-refractivity contribution in [1.29, 1.82) is 0 Å². The second-order valence-electron chi connectivity index (χ2n) is 9.00. The third-order valence-corrected chi connectivity index (χ3v) is 6.43. The lowest BCUT2D eigenvalue weighted by atomic mass is 10.1. The van der Waals surface area contributed by atoms with Crippen LogP contribution in [0.5, 0.6) is 5.75 Å². The number of likely N-dealkylation sites (tertiary alicyclic amines) is 1. The van der Waals surface area contributed by atoms with Gasteiger partial charge in [-0.2, -0.15) is 0 Å². The molecule has 0 amide bonds. The zero-order chi connectivity index (χ0) is 21.5. The van der Waals surface area contributed by atoms with Crippen LogP contribution in [0.15, 0.2) is 42.5 Å². The van der Waals surface area contributed by atoms with Gasteiger partial charge in [0, 0.05) is 13.0 Å². The summed E-state index contributed by atoms with van der Waals surface area (Å²) in [6, 6.07) is 15.0. The molecule has 2 aromatic carbocycles. The highest BCUT2D eigenvalue weighted by molar-refractivity contribution is 5.75. The molecule has 0 radical (unpaired) electrons. The predicted molar refractivity (Wildman–Crippen MR) is 129 cm³/mol. The molecule has 1 aliphatic heterocycles. The number of hydrogen-bond acceptors (Lipinski definition) is 3. The van der Waals surface area contributed by atoms with Gasteiger partial charge in [0.25, 0.3) is 0 Å². The number of nitrogens with zero attached hydrogens (tertiary/aromatic N) is 3. The Hall–Kier alpha value is -2.33. The quantitative estimate of drug-likeness (QED) is 0.403. The maximum Gasteiger partial charge on any atom is 0.122 e. The lowest BCUT2D eigenvalue weighted by Gasteiger charge is -2.19. The number of aryl methyl sites for hydroxylation is 4. The van der Waals surface area contributed by atoms with Gasteiger partial charge >= 0.3 is 0 Å². The fourth-order valence-electron chi connectivity index (χ4n) is 4.65. The molecule has 0 bridgehead atoms. The molecule has 4 rings (SSSR count). The molecule has 1 saturated heterocycles. The van der Waals surface area contributed by atoms with Crippen molar-refractivity contribution in [1.82, 2.24) is 14.5 Å². The molecular weight excluding hydrogens is 382 g/mol. The highest BCUT2D eigenvalue weighted by Crippen LogP contribution is 2.21. The summed E-state index contributed by atoms with van der Waals surface area (Å²) in [6.07, 6.45) is 8.73. The van der Waals surface area contributed by atoms with Crippen molar-refractivity contribution in [2.75, 3.05) is 26.2 Å². The molecule has 0 aliphatic carbocycles. The van der Waals surface area contributed by atoms with E-state index in [0.29, 0.717) is 0 Å². The summed E-state index contributed by atoms with van der Waals surface area (Å²) < 4.78 is 8.52. The largest absolute Gasteiger partial charge is 0.493 e. The van der Waals surface area contributed by atoms with E-state index in [2.05, 4.69) is 65.8 Å². The summed E-state index contributed by atoms with van der Waals surface area (Å²) in [5.41, 5.74) is 4.81. The number of ether oxygens (including phenoxy) is 1. The van der Waals surface area contributed by atoms with E-state index >= 15 is 0 Å². The summed E-state index contributed by atoms with van der Waals surface area (Å²) in [6.45, 7) is 9.63. The summed E-state index contributed by atoms with van der Waals surface area (Å²) in [5, 5.41) is 0. The smallest absolute Gasteiger partial charge is 0.122 e.